The lowest BCUT2D eigenvalue weighted by molar-refractivity contribution is 0.126. The number of hydrogen-bond acceptors (Lipinski definition) is 4. The molecular formula is C13H16FN5. The van der Waals surface area contributed by atoms with Crippen LogP contribution in [0, 0.1) is 11.2 Å². The number of tetrazole rings is 1. The molecule has 1 saturated carbocycles. The normalized spacial score (nSPS) is 17.2. The Hall–Kier alpha value is -1.98. The molecule has 0 amide bonds. The third-order valence-electron chi connectivity index (χ3n) is 3.88. The molecule has 5 nitrogen and oxygen atoms in total. The summed E-state index contributed by atoms with van der Waals surface area (Å²) in [5, 5.41) is 11.7. The fourth-order valence-electron chi connectivity index (χ4n) is 2.53. The molecule has 0 spiro atoms. The average molecular weight is 261 g/mol. The number of anilines is 1. The first-order chi connectivity index (χ1) is 9.07. The van der Waals surface area contributed by atoms with E-state index in [0.29, 0.717) is 17.1 Å². The van der Waals surface area contributed by atoms with Crippen LogP contribution in [0.3, 0.4) is 0 Å². The highest BCUT2D eigenvalue weighted by Crippen LogP contribution is 2.42. The molecule has 2 N–H and O–H groups in total. The van der Waals surface area contributed by atoms with Gasteiger partial charge in [0.05, 0.1) is 6.54 Å². The van der Waals surface area contributed by atoms with Crippen LogP contribution in [0.5, 0.6) is 0 Å². The highest BCUT2D eigenvalue weighted by Gasteiger charge is 2.33. The Morgan fingerprint density at radius 3 is 2.89 bits per heavy atom. The Morgan fingerprint density at radius 1 is 1.42 bits per heavy atom. The van der Waals surface area contributed by atoms with E-state index in [4.69, 9.17) is 5.73 Å². The summed E-state index contributed by atoms with van der Waals surface area (Å²) in [5.74, 6) is 0.193. The molecule has 0 radical (unpaired) electrons. The molecule has 19 heavy (non-hydrogen) atoms. The first-order valence-corrected chi connectivity index (χ1v) is 6.39. The second-order valence-electron chi connectivity index (χ2n) is 5.56. The van der Waals surface area contributed by atoms with Crippen LogP contribution in [0.1, 0.15) is 26.2 Å². The number of benzene rings is 1. The van der Waals surface area contributed by atoms with Crippen LogP contribution in [0.15, 0.2) is 18.2 Å². The van der Waals surface area contributed by atoms with E-state index < -0.39 is 0 Å². The van der Waals surface area contributed by atoms with E-state index in [2.05, 4.69) is 22.4 Å². The average Bonchev–Trinajstić information content (AvgIpc) is 2.78. The van der Waals surface area contributed by atoms with Gasteiger partial charge >= 0.3 is 0 Å². The van der Waals surface area contributed by atoms with Gasteiger partial charge in [-0.2, -0.15) is 0 Å². The lowest BCUT2D eigenvalue weighted by atomic mass is 9.70. The largest absolute Gasteiger partial charge is 0.398 e. The van der Waals surface area contributed by atoms with Crippen molar-refractivity contribution < 1.29 is 4.39 Å². The maximum absolute atomic E-state index is 13.4. The summed E-state index contributed by atoms with van der Waals surface area (Å²) in [6.45, 7) is 2.96. The quantitative estimate of drug-likeness (QED) is 0.860. The monoisotopic (exact) mass is 261 g/mol. The van der Waals surface area contributed by atoms with Crippen molar-refractivity contribution in [1.29, 1.82) is 0 Å². The molecule has 1 aliphatic carbocycles. The SMILES string of the molecule is CC1(Cn2nnnc2-c2cc(F)ccc2N)CCC1. The summed E-state index contributed by atoms with van der Waals surface area (Å²) in [7, 11) is 0. The molecule has 0 aliphatic heterocycles. The smallest absolute Gasteiger partial charge is 0.184 e. The van der Waals surface area contributed by atoms with Crippen LogP contribution in [0.25, 0.3) is 11.4 Å². The van der Waals surface area contributed by atoms with Gasteiger partial charge in [-0.05, 0) is 46.9 Å². The molecule has 1 fully saturated rings. The number of nitrogens with two attached hydrogens (primary N) is 1. The van der Waals surface area contributed by atoms with E-state index in [9.17, 15) is 4.39 Å². The fourth-order valence-corrected chi connectivity index (χ4v) is 2.53. The summed E-state index contributed by atoms with van der Waals surface area (Å²) >= 11 is 0. The minimum Gasteiger partial charge on any atom is -0.398 e. The third-order valence-corrected chi connectivity index (χ3v) is 3.88. The van der Waals surface area contributed by atoms with Gasteiger partial charge < -0.3 is 5.73 Å². The van der Waals surface area contributed by atoms with Gasteiger partial charge in [0.2, 0.25) is 0 Å². The molecule has 1 heterocycles. The minimum atomic E-state index is -0.339. The van der Waals surface area contributed by atoms with Crippen molar-refractivity contribution in [3.63, 3.8) is 0 Å². The van der Waals surface area contributed by atoms with Gasteiger partial charge in [0, 0.05) is 11.3 Å². The van der Waals surface area contributed by atoms with Crippen LogP contribution in [-0.4, -0.2) is 20.2 Å². The zero-order valence-electron chi connectivity index (χ0n) is 10.8. The maximum atomic E-state index is 13.4. The number of hydrogen-bond donors (Lipinski definition) is 1. The molecule has 100 valence electrons. The van der Waals surface area contributed by atoms with E-state index in [1.807, 2.05) is 0 Å². The summed E-state index contributed by atoms with van der Waals surface area (Å²) < 4.78 is 15.1. The lowest BCUT2D eigenvalue weighted by Crippen LogP contribution is -2.31. The van der Waals surface area contributed by atoms with Gasteiger partial charge in [-0.1, -0.05) is 13.3 Å². The van der Waals surface area contributed by atoms with Gasteiger partial charge in [-0.15, -0.1) is 5.10 Å². The Balaban J connectivity index is 1.97. The topological polar surface area (TPSA) is 69.6 Å². The summed E-state index contributed by atoms with van der Waals surface area (Å²) in [5.41, 5.74) is 7.16. The molecule has 2 aromatic rings. The molecule has 1 aliphatic rings. The lowest BCUT2D eigenvalue weighted by Gasteiger charge is -2.38. The van der Waals surface area contributed by atoms with E-state index in [1.165, 1.54) is 37.5 Å². The molecule has 1 aromatic carbocycles. The van der Waals surface area contributed by atoms with Crippen molar-refractivity contribution >= 4 is 5.69 Å². The van der Waals surface area contributed by atoms with E-state index >= 15 is 0 Å². The van der Waals surface area contributed by atoms with Crippen LogP contribution in [0.4, 0.5) is 10.1 Å². The summed E-state index contributed by atoms with van der Waals surface area (Å²) in [4.78, 5) is 0. The van der Waals surface area contributed by atoms with Gasteiger partial charge in [0.1, 0.15) is 5.82 Å². The third kappa shape index (κ3) is 2.18. The number of aromatic nitrogens is 4. The molecule has 0 atom stereocenters. The maximum Gasteiger partial charge on any atom is 0.184 e. The Kier molecular flexibility index (Phi) is 2.73. The second kappa shape index (κ2) is 4.29. The molecule has 0 unspecified atom stereocenters. The van der Waals surface area contributed by atoms with Gasteiger partial charge in [0.15, 0.2) is 5.82 Å². The Bertz CT molecular complexity index is 603. The number of rotatable bonds is 3. The highest BCUT2D eigenvalue weighted by molar-refractivity contribution is 5.71. The molecule has 6 heteroatoms. The zero-order chi connectivity index (χ0) is 13.5. The van der Waals surface area contributed by atoms with E-state index in [1.54, 1.807) is 4.68 Å². The Labute approximate surface area is 110 Å². The van der Waals surface area contributed by atoms with Crippen molar-refractivity contribution in [2.45, 2.75) is 32.7 Å². The minimum absolute atomic E-state index is 0.242. The van der Waals surface area contributed by atoms with Gasteiger partial charge in [-0.25, -0.2) is 9.07 Å². The standard InChI is InChI=1S/C13H16FN5/c1-13(5-2-6-13)8-19-12(16-17-18-19)10-7-9(14)3-4-11(10)15/h3-4,7H,2,5-6,8,15H2,1H3. The predicted molar refractivity (Wildman–Crippen MR) is 69.6 cm³/mol. The fraction of sp³-hybridized carbons (Fsp3) is 0.462. The van der Waals surface area contributed by atoms with Crippen molar-refractivity contribution in [1.82, 2.24) is 20.2 Å². The Morgan fingerprint density at radius 2 is 2.21 bits per heavy atom. The molecule has 3 rings (SSSR count). The highest BCUT2D eigenvalue weighted by atomic mass is 19.1. The first-order valence-electron chi connectivity index (χ1n) is 6.39. The zero-order valence-corrected chi connectivity index (χ0v) is 10.8. The van der Waals surface area contributed by atoms with Crippen LogP contribution in [-0.2, 0) is 6.54 Å². The first kappa shape index (κ1) is 12.1. The van der Waals surface area contributed by atoms with Crippen molar-refractivity contribution in [3.8, 4) is 11.4 Å². The van der Waals surface area contributed by atoms with Crippen molar-refractivity contribution in [2.24, 2.45) is 5.41 Å². The van der Waals surface area contributed by atoms with Crippen LogP contribution in [0.2, 0.25) is 0 Å². The van der Waals surface area contributed by atoms with Crippen molar-refractivity contribution in [3.05, 3.63) is 24.0 Å². The summed E-state index contributed by atoms with van der Waals surface area (Å²) in [6.07, 6.45) is 3.59. The van der Waals surface area contributed by atoms with Crippen LogP contribution >= 0.6 is 0 Å². The molecule has 0 saturated heterocycles. The van der Waals surface area contributed by atoms with Crippen molar-refractivity contribution in [2.75, 3.05) is 5.73 Å². The van der Waals surface area contributed by atoms with E-state index in [0.717, 1.165) is 6.54 Å². The molecular weight excluding hydrogens is 245 g/mol. The molecule has 1 aromatic heterocycles. The molecule has 0 bridgehead atoms. The number of halogens is 1. The van der Waals surface area contributed by atoms with Gasteiger partial charge in [0.25, 0.3) is 0 Å². The second-order valence-corrected chi connectivity index (χ2v) is 5.56. The van der Waals surface area contributed by atoms with Gasteiger partial charge in [-0.3, -0.25) is 0 Å². The van der Waals surface area contributed by atoms with E-state index in [-0.39, 0.29) is 11.2 Å². The predicted octanol–water partition coefficient (Wildman–Crippen LogP) is 2.25. The number of nitrogens with zero attached hydrogens (tertiary/aromatic N) is 4. The van der Waals surface area contributed by atoms with Crippen LogP contribution < -0.4 is 5.73 Å². The number of nitrogen functional groups attached to an aromatic ring is 1. The summed E-state index contributed by atoms with van der Waals surface area (Å²) in [6, 6.07) is 4.25.